The number of benzene rings is 2. The number of amides is 1. The molecule has 0 radical (unpaired) electrons. The quantitative estimate of drug-likeness (QED) is 0.547. The molecule has 35 heavy (non-hydrogen) atoms. The van der Waals surface area contributed by atoms with Gasteiger partial charge in [0.05, 0.1) is 10.6 Å². The molecule has 1 amide bonds. The number of anilines is 1. The summed E-state index contributed by atoms with van der Waals surface area (Å²) in [7, 11) is -3.75. The molecule has 0 bridgehead atoms. The van der Waals surface area contributed by atoms with Crippen LogP contribution in [0.3, 0.4) is 0 Å². The molecule has 2 aliphatic heterocycles. The van der Waals surface area contributed by atoms with Crippen LogP contribution in [0.15, 0.2) is 46.7 Å². The summed E-state index contributed by atoms with van der Waals surface area (Å²) in [5.74, 6) is -0.982. The maximum Gasteiger partial charge on any atom is 0.243 e. The van der Waals surface area contributed by atoms with Gasteiger partial charge in [-0.3, -0.25) is 4.79 Å². The van der Waals surface area contributed by atoms with Crippen molar-refractivity contribution in [2.24, 2.45) is 5.92 Å². The van der Waals surface area contributed by atoms with Gasteiger partial charge in [0.15, 0.2) is 16.6 Å². The smallest absolute Gasteiger partial charge is 0.243 e. The molecule has 1 fully saturated rings. The second kappa shape index (κ2) is 9.51. The van der Waals surface area contributed by atoms with E-state index in [1.165, 1.54) is 21.8 Å². The molecule has 1 saturated heterocycles. The summed E-state index contributed by atoms with van der Waals surface area (Å²) in [6, 6.07) is 7.63. The Bertz CT molecular complexity index is 1370. The number of nitrogens with one attached hydrogen (secondary N) is 1. The molecular formula is C23H21F2N3O5S2. The first-order chi connectivity index (χ1) is 16.8. The molecule has 0 aliphatic carbocycles. The Labute approximate surface area is 204 Å². The largest absolute Gasteiger partial charge is 0.486 e. The van der Waals surface area contributed by atoms with Crippen LogP contribution in [-0.2, 0) is 14.8 Å². The summed E-state index contributed by atoms with van der Waals surface area (Å²) in [5.41, 5.74) is 0.238. The summed E-state index contributed by atoms with van der Waals surface area (Å²) >= 11 is 1.10. The van der Waals surface area contributed by atoms with Crippen molar-refractivity contribution in [3.05, 3.63) is 53.4 Å². The third kappa shape index (κ3) is 4.86. The predicted octanol–water partition coefficient (Wildman–Crippen LogP) is 3.90. The van der Waals surface area contributed by atoms with Gasteiger partial charge in [-0.05, 0) is 43.2 Å². The Morgan fingerprint density at radius 3 is 2.57 bits per heavy atom. The van der Waals surface area contributed by atoms with Crippen LogP contribution in [0.2, 0.25) is 0 Å². The van der Waals surface area contributed by atoms with Gasteiger partial charge in [0.25, 0.3) is 0 Å². The molecule has 0 unspecified atom stereocenters. The van der Waals surface area contributed by atoms with E-state index in [4.69, 9.17) is 9.47 Å². The van der Waals surface area contributed by atoms with Gasteiger partial charge < -0.3 is 14.8 Å². The third-order valence-electron chi connectivity index (χ3n) is 5.91. The van der Waals surface area contributed by atoms with Crippen LogP contribution < -0.4 is 14.8 Å². The lowest BCUT2D eigenvalue weighted by Crippen LogP contribution is -2.41. The van der Waals surface area contributed by atoms with Gasteiger partial charge in [0.2, 0.25) is 15.9 Å². The van der Waals surface area contributed by atoms with Gasteiger partial charge in [-0.2, -0.15) is 4.31 Å². The van der Waals surface area contributed by atoms with Crippen molar-refractivity contribution in [3.63, 3.8) is 0 Å². The molecule has 1 N–H and O–H groups in total. The number of thiazole rings is 1. The standard InChI is InChI=1S/C23H21F2N3O5S2/c24-15-1-3-18(25)17(11-15)19-13-34-23(26-19)27-22(29)14-5-7-28(8-6-14)35(30,31)16-2-4-20-21(12-16)33-10-9-32-20/h1-4,11-14H,5-10H2,(H,26,27,29). The fourth-order valence-corrected chi connectivity index (χ4v) is 6.25. The normalized spacial score (nSPS) is 16.7. The molecule has 3 heterocycles. The zero-order valence-corrected chi connectivity index (χ0v) is 20.0. The number of sulfonamides is 1. The highest BCUT2D eigenvalue weighted by atomic mass is 32.2. The monoisotopic (exact) mass is 521 g/mol. The van der Waals surface area contributed by atoms with Crippen molar-refractivity contribution in [3.8, 4) is 22.8 Å². The van der Waals surface area contributed by atoms with E-state index in [0.29, 0.717) is 37.6 Å². The highest BCUT2D eigenvalue weighted by molar-refractivity contribution is 7.89. The number of aromatic nitrogens is 1. The van der Waals surface area contributed by atoms with Crippen LogP contribution in [0.4, 0.5) is 13.9 Å². The molecule has 1 aromatic heterocycles. The molecule has 2 aromatic carbocycles. The molecule has 5 rings (SSSR count). The summed E-state index contributed by atoms with van der Waals surface area (Å²) in [6.45, 7) is 1.15. The summed E-state index contributed by atoms with van der Waals surface area (Å²) < 4.78 is 66.0. The number of piperidine rings is 1. The third-order valence-corrected chi connectivity index (χ3v) is 8.57. The van der Waals surface area contributed by atoms with Crippen LogP contribution in [0.1, 0.15) is 12.8 Å². The van der Waals surface area contributed by atoms with Crippen molar-refractivity contribution >= 4 is 32.4 Å². The number of halogens is 2. The van der Waals surface area contributed by atoms with Crippen molar-refractivity contribution < 1.29 is 31.5 Å². The van der Waals surface area contributed by atoms with Crippen LogP contribution >= 0.6 is 11.3 Å². The van der Waals surface area contributed by atoms with Crippen molar-refractivity contribution in [1.29, 1.82) is 0 Å². The van der Waals surface area contributed by atoms with Crippen LogP contribution in [0, 0.1) is 17.6 Å². The number of rotatable bonds is 5. The molecule has 3 aromatic rings. The lowest BCUT2D eigenvalue weighted by Gasteiger charge is -2.30. The minimum absolute atomic E-state index is 0.0133. The number of hydrogen-bond acceptors (Lipinski definition) is 7. The maximum atomic E-state index is 14.0. The number of ether oxygens (including phenoxy) is 2. The molecule has 0 saturated carbocycles. The molecule has 0 atom stereocenters. The van der Waals surface area contributed by atoms with Crippen LogP contribution in [0.25, 0.3) is 11.3 Å². The van der Waals surface area contributed by atoms with Crippen LogP contribution in [-0.4, -0.2) is 49.9 Å². The van der Waals surface area contributed by atoms with Gasteiger partial charge in [-0.15, -0.1) is 11.3 Å². The SMILES string of the molecule is O=C(Nc1nc(-c2cc(F)ccc2F)cs1)C1CCN(S(=O)(=O)c2ccc3c(c2)OCCO3)CC1. The number of hydrogen-bond donors (Lipinski definition) is 1. The second-order valence-corrected chi connectivity index (χ2v) is 10.9. The molecule has 2 aliphatic rings. The zero-order valence-electron chi connectivity index (χ0n) is 18.4. The minimum Gasteiger partial charge on any atom is -0.486 e. The topological polar surface area (TPSA) is 97.8 Å². The average molecular weight is 522 g/mol. The molecule has 12 heteroatoms. The first-order valence-electron chi connectivity index (χ1n) is 10.9. The van der Waals surface area contributed by atoms with E-state index in [2.05, 4.69) is 10.3 Å². The van der Waals surface area contributed by atoms with Gasteiger partial charge in [-0.25, -0.2) is 22.2 Å². The minimum atomic E-state index is -3.75. The number of carbonyl (C=O) groups is 1. The molecule has 8 nitrogen and oxygen atoms in total. The van der Waals surface area contributed by atoms with Gasteiger partial charge in [0, 0.05) is 36.0 Å². The molecule has 0 spiro atoms. The fraction of sp³-hybridized carbons (Fsp3) is 0.304. The maximum absolute atomic E-state index is 14.0. The van der Waals surface area contributed by atoms with Gasteiger partial charge in [-0.1, -0.05) is 0 Å². The molecular weight excluding hydrogens is 500 g/mol. The van der Waals surface area contributed by atoms with E-state index in [1.807, 2.05) is 0 Å². The fourth-order valence-electron chi connectivity index (χ4n) is 4.05. The van der Waals surface area contributed by atoms with E-state index in [0.717, 1.165) is 29.5 Å². The Hall–Kier alpha value is -3.09. The van der Waals surface area contributed by atoms with Crippen molar-refractivity contribution in [2.45, 2.75) is 17.7 Å². The van der Waals surface area contributed by atoms with Gasteiger partial charge in [0.1, 0.15) is 24.8 Å². The summed E-state index contributed by atoms with van der Waals surface area (Å²) in [4.78, 5) is 17.1. The van der Waals surface area contributed by atoms with Crippen molar-refractivity contribution in [1.82, 2.24) is 9.29 Å². The highest BCUT2D eigenvalue weighted by Crippen LogP contribution is 2.34. The number of nitrogens with zero attached hydrogens (tertiary/aromatic N) is 2. The van der Waals surface area contributed by atoms with E-state index in [1.54, 1.807) is 6.07 Å². The Morgan fingerprint density at radius 1 is 1.06 bits per heavy atom. The Balaban J connectivity index is 1.21. The first-order valence-corrected chi connectivity index (χ1v) is 13.2. The van der Waals surface area contributed by atoms with Gasteiger partial charge >= 0.3 is 0 Å². The van der Waals surface area contributed by atoms with E-state index in [9.17, 15) is 22.0 Å². The Kier molecular flexibility index (Phi) is 6.43. The number of carbonyl (C=O) groups excluding carboxylic acids is 1. The van der Waals surface area contributed by atoms with Crippen molar-refractivity contribution in [2.75, 3.05) is 31.6 Å². The zero-order chi connectivity index (χ0) is 24.6. The van der Waals surface area contributed by atoms with Crippen LogP contribution in [0.5, 0.6) is 11.5 Å². The predicted molar refractivity (Wildman–Crippen MR) is 125 cm³/mol. The van der Waals surface area contributed by atoms with E-state index in [-0.39, 0.29) is 40.3 Å². The summed E-state index contributed by atoms with van der Waals surface area (Å²) in [5, 5.41) is 4.51. The van der Waals surface area contributed by atoms with E-state index < -0.39 is 27.6 Å². The lowest BCUT2D eigenvalue weighted by molar-refractivity contribution is -0.120. The molecule has 184 valence electrons. The Morgan fingerprint density at radius 2 is 1.80 bits per heavy atom. The average Bonchev–Trinajstić information content (AvgIpc) is 3.33. The first kappa shape index (κ1) is 23.6. The number of fused-ring (bicyclic) bond motifs is 1. The summed E-state index contributed by atoms with van der Waals surface area (Å²) in [6.07, 6.45) is 0.679. The second-order valence-electron chi connectivity index (χ2n) is 8.14. The lowest BCUT2D eigenvalue weighted by atomic mass is 9.97. The van der Waals surface area contributed by atoms with E-state index >= 15 is 0 Å². The highest BCUT2D eigenvalue weighted by Gasteiger charge is 2.33.